The maximum absolute atomic E-state index is 11.7. The van der Waals surface area contributed by atoms with Crippen molar-refractivity contribution < 1.29 is 34.1 Å². The van der Waals surface area contributed by atoms with E-state index in [1.54, 1.807) is 0 Å². The van der Waals surface area contributed by atoms with E-state index in [2.05, 4.69) is 32.8 Å². The zero-order valence-electron chi connectivity index (χ0n) is 19.6. The molecule has 0 radical (unpaired) electrons. The Labute approximate surface area is 189 Å². The van der Waals surface area contributed by atoms with E-state index < -0.39 is 47.4 Å². The number of ether oxygens (including phenoxy) is 2. The normalized spacial score (nSPS) is 24.7. The van der Waals surface area contributed by atoms with Crippen LogP contribution in [0.2, 0.25) is 0 Å². The summed E-state index contributed by atoms with van der Waals surface area (Å²) in [7, 11) is 0. The van der Waals surface area contributed by atoms with E-state index in [4.69, 9.17) is 14.3 Å². The third-order valence-corrected chi connectivity index (χ3v) is 7.11. The van der Waals surface area contributed by atoms with Crippen LogP contribution in [0.1, 0.15) is 72.0 Å². The predicted octanol–water partition coefficient (Wildman–Crippen LogP) is 4.01. The fraction of sp³-hybridized carbons (Fsp3) is 0.667. The average Bonchev–Trinajstić information content (AvgIpc) is 2.76. The second-order valence-electron chi connectivity index (χ2n) is 9.73. The van der Waals surface area contributed by atoms with Crippen molar-refractivity contribution in [1.82, 2.24) is 5.06 Å². The van der Waals surface area contributed by atoms with Crippen LogP contribution >= 0.6 is 0 Å². The van der Waals surface area contributed by atoms with Gasteiger partial charge in [-0.2, -0.15) is 5.06 Å². The first-order valence-corrected chi connectivity index (χ1v) is 11.2. The molecule has 2 aliphatic heterocycles. The van der Waals surface area contributed by atoms with Crippen LogP contribution in [-0.4, -0.2) is 57.3 Å². The van der Waals surface area contributed by atoms with Gasteiger partial charge in [-0.3, -0.25) is 14.4 Å². The molecule has 2 aliphatic rings. The molecule has 1 spiro atoms. The Morgan fingerprint density at radius 1 is 1.03 bits per heavy atom. The number of aliphatic carboxylic acids is 2. The van der Waals surface area contributed by atoms with Crippen molar-refractivity contribution in [3.8, 4) is 0 Å². The zero-order valence-corrected chi connectivity index (χ0v) is 19.6. The van der Waals surface area contributed by atoms with E-state index in [0.717, 1.165) is 18.4 Å². The molecule has 1 aromatic rings. The highest BCUT2D eigenvalue weighted by Crippen LogP contribution is 2.52. The molecule has 2 heterocycles. The van der Waals surface area contributed by atoms with Gasteiger partial charge >= 0.3 is 11.9 Å². The zero-order chi connectivity index (χ0) is 23.8. The molecule has 2 saturated heterocycles. The lowest BCUT2D eigenvalue weighted by molar-refractivity contribution is -0.391. The van der Waals surface area contributed by atoms with Crippen LogP contribution in [0.4, 0.5) is 0 Å². The predicted molar refractivity (Wildman–Crippen MR) is 117 cm³/mol. The number of hydrogen-bond acceptors (Lipinski definition) is 6. The molecule has 0 aromatic heterocycles. The molecule has 1 aromatic carbocycles. The summed E-state index contributed by atoms with van der Waals surface area (Å²) >= 11 is 0. The van der Waals surface area contributed by atoms with E-state index in [1.165, 1.54) is 0 Å². The second-order valence-corrected chi connectivity index (χ2v) is 9.73. The third-order valence-electron chi connectivity index (χ3n) is 7.11. The third kappa shape index (κ3) is 4.17. The molecular weight excluding hydrogens is 414 g/mol. The Morgan fingerprint density at radius 2 is 1.56 bits per heavy atom. The SMILES string of the molecule is CCC1(CC)CC2(CC(C)(C)N1OC(C)c1ccccc1)OCC(C(=O)O)(C(=O)O)CO2. The summed E-state index contributed by atoms with van der Waals surface area (Å²) in [6, 6.07) is 10.0. The molecule has 0 saturated carbocycles. The quantitative estimate of drug-likeness (QED) is 0.602. The number of hydroxylamine groups is 2. The number of hydrogen-bond donors (Lipinski definition) is 2. The number of carbonyl (C=O) groups is 2. The minimum absolute atomic E-state index is 0.165. The van der Waals surface area contributed by atoms with Gasteiger partial charge < -0.3 is 19.7 Å². The molecule has 0 aliphatic carbocycles. The number of nitrogens with zero attached hydrogens (tertiary/aromatic N) is 1. The Morgan fingerprint density at radius 3 is 2.03 bits per heavy atom. The van der Waals surface area contributed by atoms with Crippen molar-refractivity contribution in [2.24, 2.45) is 5.41 Å². The van der Waals surface area contributed by atoms with E-state index in [1.807, 2.05) is 37.3 Å². The Hall–Kier alpha value is -2.00. The highest BCUT2D eigenvalue weighted by Gasteiger charge is 2.62. The maximum Gasteiger partial charge on any atom is 0.325 e. The Balaban J connectivity index is 1.89. The van der Waals surface area contributed by atoms with Gasteiger partial charge in [0.25, 0.3) is 0 Å². The average molecular weight is 450 g/mol. The second kappa shape index (κ2) is 8.74. The van der Waals surface area contributed by atoms with E-state index >= 15 is 0 Å². The van der Waals surface area contributed by atoms with Gasteiger partial charge in [0.1, 0.15) is 6.10 Å². The number of benzene rings is 1. The van der Waals surface area contributed by atoms with E-state index in [0.29, 0.717) is 12.8 Å². The summed E-state index contributed by atoms with van der Waals surface area (Å²) in [6.45, 7) is 9.43. The van der Waals surface area contributed by atoms with E-state index in [9.17, 15) is 19.8 Å². The molecule has 3 rings (SSSR count). The molecule has 2 fully saturated rings. The first-order valence-electron chi connectivity index (χ1n) is 11.2. The van der Waals surface area contributed by atoms with Gasteiger partial charge in [-0.05, 0) is 39.2 Å². The smallest absolute Gasteiger partial charge is 0.325 e. The van der Waals surface area contributed by atoms with Crippen LogP contribution in [0.15, 0.2) is 30.3 Å². The van der Waals surface area contributed by atoms with Gasteiger partial charge in [-0.15, -0.1) is 0 Å². The molecular formula is C24H35NO7. The molecule has 1 unspecified atom stereocenters. The minimum atomic E-state index is -2.09. The van der Waals surface area contributed by atoms with Crippen molar-refractivity contribution >= 4 is 11.9 Å². The van der Waals surface area contributed by atoms with Crippen molar-refractivity contribution in [3.05, 3.63) is 35.9 Å². The maximum atomic E-state index is 11.7. The molecule has 8 heteroatoms. The van der Waals surface area contributed by atoms with Crippen molar-refractivity contribution in [1.29, 1.82) is 0 Å². The van der Waals surface area contributed by atoms with Gasteiger partial charge in [0.2, 0.25) is 5.41 Å². The van der Waals surface area contributed by atoms with Crippen LogP contribution in [0, 0.1) is 5.41 Å². The first-order chi connectivity index (χ1) is 15.0. The molecule has 2 N–H and O–H groups in total. The van der Waals surface area contributed by atoms with Crippen molar-refractivity contribution in [2.45, 2.75) is 83.3 Å². The van der Waals surface area contributed by atoms with Crippen molar-refractivity contribution in [2.75, 3.05) is 13.2 Å². The molecule has 0 bridgehead atoms. The van der Waals surface area contributed by atoms with Gasteiger partial charge in [-0.1, -0.05) is 44.2 Å². The standard InChI is InChI=1S/C24H35NO7/c1-6-22(7-2)14-24(30-15-23(16-31-24,19(26)27)20(28)29)13-21(4,5)25(22)32-17(3)18-11-9-8-10-12-18/h8-12,17H,6-7,13-16H2,1-5H3,(H,26,27)(H,28,29). The van der Waals surface area contributed by atoms with Crippen LogP contribution in [-0.2, 0) is 23.9 Å². The fourth-order valence-electron chi connectivity index (χ4n) is 5.13. The highest BCUT2D eigenvalue weighted by molar-refractivity contribution is 5.98. The Kier molecular flexibility index (Phi) is 6.73. The van der Waals surface area contributed by atoms with Crippen LogP contribution in [0.3, 0.4) is 0 Å². The van der Waals surface area contributed by atoms with Crippen LogP contribution in [0.25, 0.3) is 0 Å². The van der Waals surface area contributed by atoms with E-state index in [-0.39, 0.29) is 6.10 Å². The monoisotopic (exact) mass is 449 g/mol. The molecule has 1 atom stereocenters. The number of carboxylic acid groups (broad SMARTS) is 2. The summed E-state index contributed by atoms with van der Waals surface area (Å²) in [5.41, 5.74) is -1.97. The van der Waals surface area contributed by atoms with Gasteiger partial charge in [-0.25, -0.2) is 0 Å². The lowest BCUT2D eigenvalue weighted by Gasteiger charge is -2.61. The summed E-state index contributed by atoms with van der Waals surface area (Å²) < 4.78 is 12.0. The summed E-state index contributed by atoms with van der Waals surface area (Å²) in [5, 5.41) is 21.1. The van der Waals surface area contributed by atoms with Gasteiger partial charge in [0, 0.05) is 18.4 Å². The number of piperidine rings is 1. The molecule has 0 amide bonds. The first kappa shape index (κ1) is 24.6. The highest BCUT2D eigenvalue weighted by atomic mass is 16.7. The van der Waals surface area contributed by atoms with Crippen molar-refractivity contribution in [3.63, 3.8) is 0 Å². The number of carboxylic acids is 2. The van der Waals surface area contributed by atoms with Gasteiger partial charge in [0.05, 0.1) is 18.8 Å². The lowest BCUT2D eigenvalue weighted by atomic mass is 9.72. The topological polar surface area (TPSA) is 106 Å². The molecule has 178 valence electrons. The minimum Gasteiger partial charge on any atom is -0.480 e. The largest absolute Gasteiger partial charge is 0.480 e. The summed E-state index contributed by atoms with van der Waals surface area (Å²) in [4.78, 5) is 30.0. The summed E-state index contributed by atoms with van der Waals surface area (Å²) in [5.74, 6) is -3.97. The van der Waals surface area contributed by atoms with Crippen LogP contribution in [0.5, 0.6) is 0 Å². The lowest BCUT2D eigenvalue weighted by Crippen LogP contribution is -2.70. The fourth-order valence-corrected chi connectivity index (χ4v) is 5.13. The molecule has 32 heavy (non-hydrogen) atoms. The Bertz CT molecular complexity index is 810. The van der Waals surface area contributed by atoms with Crippen LogP contribution < -0.4 is 0 Å². The number of rotatable bonds is 7. The van der Waals surface area contributed by atoms with Gasteiger partial charge in [0.15, 0.2) is 5.79 Å². The molecule has 8 nitrogen and oxygen atoms in total. The summed E-state index contributed by atoms with van der Waals surface area (Å²) in [6.07, 6.45) is 2.21.